The first kappa shape index (κ1) is 13.5. The SMILES string of the molecule is O=C(c1ccccc1)c1ccccc1.O=C1N=CC=N1. The minimum atomic E-state index is -0.407. The molecule has 0 spiro atoms. The van der Waals surface area contributed by atoms with Crippen molar-refractivity contribution in [2.75, 3.05) is 0 Å². The van der Waals surface area contributed by atoms with Crippen LogP contribution in [0.15, 0.2) is 70.6 Å². The largest absolute Gasteiger partial charge is 0.367 e. The molecule has 0 saturated carbocycles. The second-order valence-electron chi connectivity index (χ2n) is 3.90. The summed E-state index contributed by atoms with van der Waals surface area (Å²) < 4.78 is 0. The van der Waals surface area contributed by atoms with Crippen molar-refractivity contribution >= 4 is 24.2 Å². The fourth-order valence-corrected chi connectivity index (χ4v) is 1.57. The Hall–Kier alpha value is -2.88. The Labute approximate surface area is 116 Å². The van der Waals surface area contributed by atoms with Gasteiger partial charge in [-0.1, -0.05) is 60.7 Å². The molecule has 0 aromatic heterocycles. The zero-order valence-corrected chi connectivity index (χ0v) is 10.6. The topological polar surface area (TPSA) is 58.9 Å². The molecule has 0 atom stereocenters. The van der Waals surface area contributed by atoms with Gasteiger partial charge in [-0.3, -0.25) is 4.79 Å². The van der Waals surface area contributed by atoms with Crippen LogP contribution in [0.2, 0.25) is 0 Å². The number of nitrogens with zero attached hydrogens (tertiary/aromatic N) is 2. The Bertz CT molecular complexity index is 591. The lowest BCUT2D eigenvalue weighted by atomic mass is 10.0. The number of carbonyl (C=O) groups is 2. The minimum Gasteiger partial charge on any atom is -0.289 e. The molecular formula is C16H12N2O2. The molecular weight excluding hydrogens is 252 g/mol. The van der Waals surface area contributed by atoms with Crippen molar-refractivity contribution in [1.82, 2.24) is 0 Å². The second-order valence-corrected chi connectivity index (χ2v) is 3.90. The Kier molecular flexibility index (Phi) is 4.67. The van der Waals surface area contributed by atoms with E-state index in [0.29, 0.717) is 0 Å². The zero-order valence-electron chi connectivity index (χ0n) is 10.6. The monoisotopic (exact) mass is 264 g/mol. The first-order chi connectivity index (χ1) is 9.77. The van der Waals surface area contributed by atoms with Crippen molar-refractivity contribution in [3.63, 3.8) is 0 Å². The molecule has 0 aliphatic carbocycles. The van der Waals surface area contributed by atoms with Gasteiger partial charge in [0, 0.05) is 11.1 Å². The number of rotatable bonds is 2. The summed E-state index contributed by atoms with van der Waals surface area (Å²) >= 11 is 0. The molecule has 3 rings (SSSR count). The van der Waals surface area contributed by atoms with E-state index >= 15 is 0 Å². The van der Waals surface area contributed by atoms with Crippen LogP contribution in [-0.2, 0) is 0 Å². The van der Waals surface area contributed by atoms with Gasteiger partial charge in [0.2, 0.25) is 0 Å². The Morgan fingerprint density at radius 2 is 1.10 bits per heavy atom. The fraction of sp³-hybridized carbons (Fsp3) is 0. The van der Waals surface area contributed by atoms with Crippen molar-refractivity contribution in [2.45, 2.75) is 0 Å². The third kappa shape index (κ3) is 3.81. The van der Waals surface area contributed by atoms with Crippen LogP contribution in [0, 0.1) is 0 Å². The standard InChI is InChI=1S/C13H10O.C3H2N2O/c14-13(11-7-3-1-4-8-11)12-9-5-2-6-10-12;6-3-4-1-2-5-3/h1-10H;1-2H. The van der Waals surface area contributed by atoms with E-state index in [-0.39, 0.29) is 5.78 Å². The van der Waals surface area contributed by atoms with E-state index in [4.69, 9.17) is 0 Å². The van der Waals surface area contributed by atoms with Gasteiger partial charge in [0.15, 0.2) is 5.78 Å². The number of aliphatic imine (C=N–C) groups is 2. The van der Waals surface area contributed by atoms with Crippen molar-refractivity contribution < 1.29 is 9.59 Å². The van der Waals surface area contributed by atoms with Gasteiger partial charge < -0.3 is 0 Å². The second kappa shape index (κ2) is 6.89. The molecule has 98 valence electrons. The number of urea groups is 1. The molecule has 0 saturated heterocycles. The van der Waals surface area contributed by atoms with Crippen LogP contribution in [0.5, 0.6) is 0 Å². The zero-order chi connectivity index (χ0) is 14.2. The maximum atomic E-state index is 11.8. The first-order valence-electron chi connectivity index (χ1n) is 6.03. The summed E-state index contributed by atoms with van der Waals surface area (Å²) in [6.07, 6.45) is 2.73. The number of hydrogen-bond donors (Lipinski definition) is 0. The van der Waals surface area contributed by atoms with Crippen LogP contribution in [0.4, 0.5) is 4.79 Å². The Morgan fingerprint density at radius 3 is 1.40 bits per heavy atom. The van der Waals surface area contributed by atoms with E-state index in [9.17, 15) is 9.59 Å². The Balaban J connectivity index is 0.000000205. The average molecular weight is 264 g/mol. The van der Waals surface area contributed by atoms with Crippen molar-refractivity contribution in [1.29, 1.82) is 0 Å². The number of amides is 2. The van der Waals surface area contributed by atoms with Gasteiger partial charge in [0.1, 0.15) is 0 Å². The number of benzene rings is 2. The highest BCUT2D eigenvalue weighted by molar-refractivity contribution is 6.25. The van der Waals surface area contributed by atoms with Crippen LogP contribution >= 0.6 is 0 Å². The van der Waals surface area contributed by atoms with Gasteiger partial charge >= 0.3 is 6.03 Å². The maximum Gasteiger partial charge on any atom is 0.367 e. The van der Waals surface area contributed by atoms with E-state index in [1.54, 1.807) is 0 Å². The molecule has 1 aliphatic heterocycles. The summed E-state index contributed by atoms with van der Waals surface area (Å²) in [5.41, 5.74) is 1.47. The lowest BCUT2D eigenvalue weighted by Gasteiger charge is -1.99. The summed E-state index contributed by atoms with van der Waals surface area (Å²) in [6.45, 7) is 0. The highest BCUT2D eigenvalue weighted by atomic mass is 16.2. The third-order valence-corrected chi connectivity index (χ3v) is 2.51. The molecule has 0 fully saturated rings. The summed E-state index contributed by atoms with van der Waals surface area (Å²) in [6, 6.07) is 18.2. The molecule has 1 aliphatic rings. The van der Waals surface area contributed by atoms with Gasteiger partial charge in [-0.05, 0) is 0 Å². The summed E-state index contributed by atoms with van der Waals surface area (Å²) in [4.78, 5) is 28.2. The smallest absolute Gasteiger partial charge is 0.289 e. The highest BCUT2D eigenvalue weighted by Crippen LogP contribution is 2.08. The molecule has 2 aromatic carbocycles. The first-order valence-corrected chi connectivity index (χ1v) is 6.03. The lowest BCUT2D eigenvalue weighted by Crippen LogP contribution is -1.99. The molecule has 0 radical (unpaired) electrons. The molecule has 20 heavy (non-hydrogen) atoms. The molecule has 0 bridgehead atoms. The number of ketones is 1. The Morgan fingerprint density at radius 1 is 0.700 bits per heavy atom. The van der Waals surface area contributed by atoms with Crippen LogP contribution in [-0.4, -0.2) is 24.2 Å². The number of hydrogen-bond acceptors (Lipinski definition) is 2. The number of carbonyl (C=O) groups excluding carboxylic acids is 2. The summed E-state index contributed by atoms with van der Waals surface area (Å²) in [5, 5.41) is 0. The van der Waals surface area contributed by atoms with Gasteiger partial charge in [-0.15, -0.1) is 0 Å². The average Bonchev–Trinajstić information content (AvgIpc) is 3.00. The van der Waals surface area contributed by atoms with Gasteiger partial charge in [0.05, 0.1) is 12.4 Å². The van der Waals surface area contributed by atoms with E-state index < -0.39 is 6.03 Å². The van der Waals surface area contributed by atoms with Crippen LogP contribution in [0.1, 0.15) is 15.9 Å². The van der Waals surface area contributed by atoms with E-state index in [1.807, 2.05) is 60.7 Å². The van der Waals surface area contributed by atoms with Crippen molar-refractivity contribution in [3.05, 3.63) is 71.8 Å². The van der Waals surface area contributed by atoms with Crippen molar-refractivity contribution in [3.8, 4) is 0 Å². The van der Waals surface area contributed by atoms with Crippen LogP contribution in [0.3, 0.4) is 0 Å². The predicted octanol–water partition coefficient (Wildman–Crippen LogP) is 3.18. The van der Waals surface area contributed by atoms with Gasteiger partial charge in [-0.25, -0.2) is 4.79 Å². The van der Waals surface area contributed by atoms with Gasteiger partial charge in [0.25, 0.3) is 0 Å². The normalized spacial score (nSPS) is 11.9. The molecule has 4 nitrogen and oxygen atoms in total. The van der Waals surface area contributed by atoms with Gasteiger partial charge in [-0.2, -0.15) is 9.98 Å². The van der Waals surface area contributed by atoms with E-state index in [2.05, 4.69) is 9.98 Å². The molecule has 1 heterocycles. The predicted molar refractivity (Wildman–Crippen MR) is 78.7 cm³/mol. The third-order valence-electron chi connectivity index (χ3n) is 2.51. The van der Waals surface area contributed by atoms with Crippen LogP contribution < -0.4 is 0 Å². The quantitative estimate of drug-likeness (QED) is 0.782. The molecule has 4 heteroatoms. The molecule has 2 aromatic rings. The summed E-state index contributed by atoms with van der Waals surface area (Å²) in [5.74, 6) is 0.0752. The van der Waals surface area contributed by atoms with E-state index in [1.165, 1.54) is 12.4 Å². The molecule has 2 amide bonds. The lowest BCUT2D eigenvalue weighted by molar-refractivity contribution is 0.103. The fourth-order valence-electron chi connectivity index (χ4n) is 1.57. The summed E-state index contributed by atoms with van der Waals surface area (Å²) in [7, 11) is 0. The highest BCUT2D eigenvalue weighted by Gasteiger charge is 2.06. The van der Waals surface area contributed by atoms with Crippen molar-refractivity contribution in [2.24, 2.45) is 9.98 Å². The maximum absolute atomic E-state index is 11.8. The van der Waals surface area contributed by atoms with Crippen LogP contribution in [0.25, 0.3) is 0 Å². The van der Waals surface area contributed by atoms with E-state index in [0.717, 1.165) is 11.1 Å². The molecule has 0 unspecified atom stereocenters. The minimum absolute atomic E-state index is 0.0752. The molecule has 0 N–H and O–H groups in total.